The molecule has 0 atom stereocenters. The second kappa shape index (κ2) is 7.49. The van der Waals surface area contributed by atoms with Crippen LogP contribution in [0.2, 0.25) is 10.0 Å². The fourth-order valence-corrected chi connectivity index (χ4v) is 2.99. The van der Waals surface area contributed by atoms with Gasteiger partial charge in [-0.15, -0.1) is 0 Å². The van der Waals surface area contributed by atoms with E-state index >= 15 is 0 Å². The maximum atomic E-state index is 6.24. The van der Waals surface area contributed by atoms with Crippen LogP contribution in [0.5, 0.6) is 0 Å². The van der Waals surface area contributed by atoms with Gasteiger partial charge in [-0.05, 0) is 56.6 Å². The predicted octanol–water partition coefficient (Wildman–Crippen LogP) is 3.81. The van der Waals surface area contributed by atoms with E-state index in [4.69, 9.17) is 23.2 Å². The van der Waals surface area contributed by atoms with Gasteiger partial charge in [-0.25, -0.2) is 0 Å². The molecule has 1 aromatic rings. The summed E-state index contributed by atoms with van der Waals surface area (Å²) in [4.78, 5) is 2.47. The van der Waals surface area contributed by atoms with Crippen LogP contribution in [0, 0.1) is 5.92 Å². The zero-order valence-corrected chi connectivity index (χ0v) is 13.0. The number of benzene rings is 1. The minimum absolute atomic E-state index is 0.654. The first kappa shape index (κ1) is 15.1. The van der Waals surface area contributed by atoms with Crippen LogP contribution in [-0.2, 0) is 6.54 Å². The topological polar surface area (TPSA) is 15.3 Å². The van der Waals surface area contributed by atoms with E-state index < -0.39 is 0 Å². The Labute approximate surface area is 126 Å². The Bertz CT molecular complexity index is 401. The molecule has 0 amide bonds. The molecule has 0 spiro atoms. The number of likely N-dealkylation sites (tertiary alicyclic amines) is 1. The first-order valence-electron chi connectivity index (χ1n) is 7.06. The molecule has 2 nitrogen and oxygen atoms in total. The average molecular weight is 301 g/mol. The Balaban J connectivity index is 1.84. The number of piperidine rings is 1. The number of hydrogen-bond donors (Lipinski definition) is 1. The van der Waals surface area contributed by atoms with Gasteiger partial charge in [0, 0.05) is 6.54 Å². The van der Waals surface area contributed by atoms with Crippen LogP contribution in [0.25, 0.3) is 0 Å². The highest BCUT2D eigenvalue weighted by Gasteiger charge is 2.19. The minimum Gasteiger partial charge on any atom is -0.317 e. The summed E-state index contributed by atoms with van der Waals surface area (Å²) in [6.07, 6.45) is 2.54. The lowest BCUT2D eigenvalue weighted by Crippen LogP contribution is -2.36. The van der Waals surface area contributed by atoms with Crippen molar-refractivity contribution in [2.75, 3.05) is 26.2 Å². The molecular weight excluding hydrogens is 279 g/mol. The highest BCUT2D eigenvalue weighted by atomic mass is 35.5. The Kier molecular flexibility index (Phi) is 5.96. The van der Waals surface area contributed by atoms with Gasteiger partial charge >= 0.3 is 0 Å². The minimum atomic E-state index is 0.654. The van der Waals surface area contributed by atoms with Crippen LogP contribution in [0.3, 0.4) is 0 Å². The van der Waals surface area contributed by atoms with Crippen molar-refractivity contribution in [1.82, 2.24) is 10.2 Å². The second-order valence-corrected chi connectivity index (χ2v) is 6.03. The van der Waals surface area contributed by atoms with E-state index in [1.807, 2.05) is 12.1 Å². The van der Waals surface area contributed by atoms with Crippen molar-refractivity contribution < 1.29 is 0 Å². The smallest absolute Gasteiger partial charge is 0.0637 e. The molecule has 1 aliphatic rings. The lowest BCUT2D eigenvalue weighted by Gasteiger charge is -2.32. The molecule has 0 aromatic heterocycles. The molecule has 1 N–H and O–H groups in total. The van der Waals surface area contributed by atoms with Crippen molar-refractivity contribution in [1.29, 1.82) is 0 Å². The van der Waals surface area contributed by atoms with Crippen LogP contribution < -0.4 is 5.32 Å². The molecule has 1 aromatic carbocycles. The van der Waals surface area contributed by atoms with Gasteiger partial charge in [0.15, 0.2) is 0 Å². The van der Waals surface area contributed by atoms with Crippen molar-refractivity contribution in [3.05, 3.63) is 33.8 Å². The maximum absolute atomic E-state index is 6.24. The molecule has 0 radical (unpaired) electrons. The summed E-state index contributed by atoms with van der Waals surface area (Å²) >= 11 is 12.3. The van der Waals surface area contributed by atoms with E-state index in [0.29, 0.717) is 10.0 Å². The molecular formula is C15H22Cl2N2. The zero-order valence-electron chi connectivity index (χ0n) is 11.5. The third kappa shape index (κ3) is 4.35. The largest absolute Gasteiger partial charge is 0.317 e. The standard InChI is InChI=1S/C15H22Cl2N2/c1-2-18-10-12-6-8-19(9-7-12)11-13-4-3-5-14(16)15(13)17/h3-5,12,18H,2,6-11H2,1H3. The van der Waals surface area contributed by atoms with Crippen molar-refractivity contribution >= 4 is 23.2 Å². The van der Waals surface area contributed by atoms with Crippen LogP contribution in [-0.4, -0.2) is 31.1 Å². The van der Waals surface area contributed by atoms with Crippen LogP contribution in [0.1, 0.15) is 25.3 Å². The van der Waals surface area contributed by atoms with E-state index in [-0.39, 0.29) is 0 Å². The number of nitrogens with one attached hydrogen (secondary N) is 1. The molecule has 1 saturated heterocycles. The molecule has 0 unspecified atom stereocenters. The maximum Gasteiger partial charge on any atom is 0.0637 e. The van der Waals surface area contributed by atoms with Gasteiger partial charge in [0.25, 0.3) is 0 Å². The van der Waals surface area contributed by atoms with Gasteiger partial charge in [0.1, 0.15) is 0 Å². The van der Waals surface area contributed by atoms with Crippen LogP contribution in [0.4, 0.5) is 0 Å². The van der Waals surface area contributed by atoms with Crippen LogP contribution >= 0.6 is 23.2 Å². The monoisotopic (exact) mass is 300 g/mol. The summed E-state index contributed by atoms with van der Waals surface area (Å²) < 4.78 is 0. The summed E-state index contributed by atoms with van der Waals surface area (Å²) in [6, 6.07) is 5.89. The first-order chi connectivity index (χ1) is 9.20. The molecule has 0 saturated carbocycles. The van der Waals surface area contributed by atoms with Gasteiger partial charge in [0.05, 0.1) is 10.0 Å². The van der Waals surface area contributed by atoms with Crippen molar-refractivity contribution in [3.63, 3.8) is 0 Å². The third-order valence-corrected chi connectivity index (χ3v) is 4.67. The molecule has 0 aliphatic carbocycles. The molecule has 1 fully saturated rings. The Morgan fingerprint density at radius 3 is 2.68 bits per heavy atom. The highest BCUT2D eigenvalue weighted by molar-refractivity contribution is 6.42. The fourth-order valence-electron chi connectivity index (χ4n) is 2.61. The normalized spacial score (nSPS) is 17.8. The Morgan fingerprint density at radius 2 is 2.00 bits per heavy atom. The molecule has 19 heavy (non-hydrogen) atoms. The molecule has 106 valence electrons. The number of rotatable bonds is 5. The molecule has 1 heterocycles. The van der Waals surface area contributed by atoms with E-state index in [0.717, 1.165) is 44.2 Å². The second-order valence-electron chi connectivity index (χ2n) is 5.24. The average Bonchev–Trinajstić information content (AvgIpc) is 2.43. The van der Waals surface area contributed by atoms with Gasteiger partial charge in [0.2, 0.25) is 0 Å². The molecule has 2 rings (SSSR count). The van der Waals surface area contributed by atoms with Gasteiger partial charge in [-0.3, -0.25) is 4.90 Å². The van der Waals surface area contributed by atoms with Crippen molar-refractivity contribution in [3.8, 4) is 0 Å². The van der Waals surface area contributed by atoms with Crippen molar-refractivity contribution in [2.24, 2.45) is 5.92 Å². The summed E-state index contributed by atoms with van der Waals surface area (Å²) in [5.41, 5.74) is 1.14. The predicted molar refractivity (Wildman–Crippen MR) is 83.0 cm³/mol. The van der Waals surface area contributed by atoms with Gasteiger partial charge in [-0.1, -0.05) is 42.3 Å². The molecule has 1 aliphatic heterocycles. The molecule has 4 heteroatoms. The fraction of sp³-hybridized carbons (Fsp3) is 0.600. The van der Waals surface area contributed by atoms with Gasteiger partial charge < -0.3 is 5.32 Å². The van der Waals surface area contributed by atoms with Crippen molar-refractivity contribution in [2.45, 2.75) is 26.3 Å². The lowest BCUT2D eigenvalue weighted by molar-refractivity contribution is 0.176. The Hall–Kier alpha value is -0.280. The van der Waals surface area contributed by atoms with E-state index in [2.05, 4.69) is 23.2 Å². The quantitative estimate of drug-likeness (QED) is 0.889. The van der Waals surface area contributed by atoms with E-state index in [1.54, 1.807) is 0 Å². The molecule has 0 bridgehead atoms. The van der Waals surface area contributed by atoms with E-state index in [1.165, 1.54) is 12.8 Å². The van der Waals surface area contributed by atoms with Crippen LogP contribution in [0.15, 0.2) is 18.2 Å². The van der Waals surface area contributed by atoms with E-state index in [9.17, 15) is 0 Å². The summed E-state index contributed by atoms with van der Waals surface area (Å²) in [6.45, 7) is 7.60. The zero-order chi connectivity index (χ0) is 13.7. The number of nitrogens with zero attached hydrogens (tertiary/aromatic N) is 1. The SMILES string of the molecule is CCNCC1CCN(Cc2cccc(Cl)c2Cl)CC1. The number of halogens is 2. The summed E-state index contributed by atoms with van der Waals surface area (Å²) in [7, 11) is 0. The number of hydrogen-bond acceptors (Lipinski definition) is 2. The Morgan fingerprint density at radius 1 is 1.26 bits per heavy atom. The lowest BCUT2D eigenvalue weighted by atomic mass is 9.96. The third-order valence-electron chi connectivity index (χ3n) is 3.82. The summed E-state index contributed by atoms with van der Waals surface area (Å²) in [5, 5.41) is 4.80. The highest BCUT2D eigenvalue weighted by Crippen LogP contribution is 2.27. The van der Waals surface area contributed by atoms with Gasteiger partial charge in [-0.2, -0.15) is 0 Å². The summed E-state index contributed by atoms with van der Waals surface area (Å²) in [5.74, 6) is 0.825. The first-order valence-corrected chi connectivity index (χ1v) is 7.82.